The van der Waals surface area contributed by atoms with E-state index in [-0.39, 0.29) is 24.8 Å². The van der Waals surface area contributed by atoms with Gasteiger partial charge < -0.3 is 14.6 Å². The average Bonchev–Trinajstić information content (AvgIpc) is 2.13. The molecule has 1 amide bonds. The smallest absolute Gasteiger partial charge is 0.410 e. The summed E-state index contributed by atoms with van der Waals surface area (Å²) in [5.74, 6) is 0. The van der Waals surface area contributed by atoms with Crippen LogP contribution in [0.25, 0.3) is 0 Å². The van der Waals surface area contributed by atoms with Gasteiger partial charge in [0, 0.05) is 6.54 Å². The van der Waals surface area contributed by atoms with Crippen molar-refractivity contribution >= 4 is 6.09 Å². The summed E-state index contributed by atoms with van der Waals surface area (Å²) >= 11 is 0. The maximum absolute atomic E-state index is 11.5. The Morgan fingerprint density at radius 2 is 2.36 bits per heavy atom. The lowest BCUT2D eigenvalue weighted by atomic mass is 10.0. The van der Waals surface area contributed by atoms with E-state index < -0.39 is 0 Å². The monoisotopic (exact) mass is 203 g/mol. The molecular formula is C9H17NO4. The summed E-state index contributed by atoms with van der Waals surface area (Å²) in [6.07, 6.45) is -0.382. The largest absolute Gasteiger partial charge is 0.447 e. The Labute approximate surface area is 83.6 Å². The lowest BCUT2D eigenvalue weighted by molar-refractivity contribution is -0.0472. The number of carbonyl (C=O) groups is 1. The fourth-order valence-electron chi connectivity index (χ4n) is 1.41. The number of hydrogen-bond acceptors (Lipinski definition) is 4. The third-order valence-corrected chi connectivity index (χ3v) is 2.18. The van der Waals surface area contributed by atoms with Gasteiger partial charge in [0.1, 0.15) is 6.61 Å². The molecule has 0 radical (unpaired) electrons. The second-order valence-corrected chi connectivity index (χ2v) is 3.85. The normalized spacial score (nSPS) is 20.6. The molecule has 0 aromatic rings. The predicted octanol–water partition coefficient (Wildman–Crippen LogP) is 0.226. The van der Waals surface area contributed by atoms with Crippen LogP contribution in [0.4, 0.5) is 4.79 Å². The SMILES string of the molecule is CC1(C)COCCN1C(=O)OCCO. The number of ether oxygens (including phenoxy) is 2. The van der Waals surface area contributed by atoms with E-state index in [2.05, 4.69) is 0 Å². The van der Waals surface area contributed by atoms with Crippen molar-refractivity contribution in [1.82, 2.24) is 4.90 Å². The molecule has 0 atom stereocenters. The first-order valence-corrected chi connectivity index (χ1v) is 4.71. The summed E-state index contributed by atoms with van der Waals surface area (Å²) in [4.78, 5) is 13.1. The maximum Gasteiger partial charge on any atom is 0.410 e. The van der Waals surface area contributed by atoms with Crippen molar-refractivity contribution in [2.75, 3.05) is 33.0 Å². The zero-order valence-electron chi connectivity index (χ0n) is 8.65. The first-order valence-electron chi connectivity index (χ1n) is 4.71. The highest BCUT2D eigenvalue weighted by Crippen LogP contribution is 2.19. The fourth-order valence-corrected chi connectivity index (χ4v) is 1.41. The van der Waals surface area contributed by atoms with Crippen LogP contribution in [0.1, 0.15) is 13.8 Å². The van der Waals surface area contributed by atoms with Crippen LogP contribution >= 0.6 is 0 Å². The number of aliphatic hydroxyl groups excluding tert-OH is 1. The van der Waals surface area contributed by atoms with E-state index in [4.69, 9.17) is 14.6 Å². The highest BCUT2D eigenvalue weighted by molar-refractivity contribution is 5.68. The zero-order valence-corrected chi connectivity index (χ0v) is 8.65. The van der Waals surface area contributed by atoms with E-state index in [1.54, 1.807) is 4.90 Å². The van der Waals surface area contributed by atoms with E-state index >= 15 is 0 Å². The average molecular weight is 203 g/mol. The number of aliphatic hydroxyl groups is 1. The summed E-state index contributed by atoms with van der Waals surface area (Å²) < 4.78 is 10.1. The van der Waals surface area contributed by atoms with Gasteiger partial charge in [0.15, 0.2) is 0 Å². The van der Waals surface area contributed by atoms with Crippen LogP contribution in [0.3, 0.4) is 0 Å². The van der Waals surface area contributed by atoms with Crippen molar-refractivity contribution in [1.29, 1.82) is 0 Å². The molecule has 0 aromatic carbocycles. The summed E-state index contributed by atoms with van der Waals surface area (Å²) in [6.45, 7) is 5.34. The molecular weight excluding hydrogens is 186 g/mol. The summed E-state index contributed by atoms with van der Waals surface area (Å²) in [5, 5.41) is 8.52. The van der Waals surface area contributed by atoms with E-state index in [0.717, 1.165) is 0 Å². The molecule has 14 heavy (non-hydrogen) atoms. The Morgan fingerprint density at radius 1 is 1.64 bits per heavy atom. The van der Waals surface area contributed by atoms with Gasteiger partial charge >= 0.3 is 6.09 Å². The van der Waals surface area contributed by atoms with Crippen LogP contribution < -0.4 is 0 Å². The Morgan fingerprint density at radius 3 is 2.93 bits per heavy atom. The number of rotatable bonds is 2. The molecule has 0 bridgehead atoms. The summed E-state index contributed by atoms with van der Waals surface area (Å²) in [6, 6.07) is 0. The number of amides is 1. The Bertz CT molecular complexity index is 205. The van der Waals surface area contributed by atoms with Crippen LogP contribution in [-0.4, -0.2) is 54.6 Å². The lowest BCUT2D eigenvalue weighted by Gasteiger charge is -2.41. The topological polar surface area (TPSA) is 59.0 Å². The first kappa shape index (κ1) is 11.3. The van der Waals surface area contributed by atoms with Gasteiger partial charge in [-0.3, -0.25) is 4.90 Å². The number of nitrogens with zero attached hydrogens (tertiary/aromatic N) is 1. The third-order valence-electron chi connectivity index (χ3n) is 2.18. The van der Waals surface area contributed by atoms with Gasteiger partial charge in [-0.25, -0.2) is 4.79 Å². The van der Waals surface area contributed by atoms with Crippen molar-refractivity contribution in [3.8, 4) is 0 Å². The van der Waals surface area contributed by atoms with Crippen molar-refractivity contribution < 1.29 is 19.4 Å². The molecule has 1 rings (SSSR count). The Balaban J connectivity index is 2.51. The third kappa shape index (κ3) is 2.59. The molecule has 1 saturated heterocycles. The van der Waals surface area contributed by atoms with Crippen molar-refractivity contribution in [3.63, 3.8) is 0 Å². The zero-order chi connectivity index (χ0) is 10.6. The predicted molar refractivity (Wildman–Crippen MR) is 50.0 cm³/mol. The van der Waals surface area contributed by atoms with Crippen molar-refractivity contribution in [2.24, 2.45) is 0 Å². The first-order chi connectivity index (χ1) is 6.58. The molecule has 0 unspecified atom stereocenters. The minimum Gasteiger partial charge on any atom is -0.447 e. The Hall–Kier alpha value is -0.810. The number of carbonyl (C=O) groups excluding carboxylic acids is 1. The second kappa shape index (κ2) is 4.61. The van der Waals surface area contributed by atoms with Gasteiger partial charge in [-0.15, -0.1) is 0 Å². The van der Waals surface area contributed by atoms with Gasteiger partial charge in [0.05, 0.1) is 25.4 Å². The number of morpholine rings is 1. The highest BCUT2D eigenvalue weighted by Gasteiger charge is 2.34. The molecule has 1 fully saturated rings. The molecule has 82 valence electrons. The van der Waals surface area contributed by atoms with Gasteiger partial charge in [-0.05, 0) is 13.8 Å². The van der Waals surface area contributed by atoms with E-state index in [9.17, 15) is 4.79 Å². The molecule has 0 aliphatic carbocycles. The van der Waals surface area contributed by atoms with Crippen LogP contribution in [0.5, 0.6) is 0 Å². The Kier molecular flexibility index (Phi) is 3.71. The molecule has 0 aromatic heterocycles. The molecule has 1 N–H and O–H groups in total. The van der Waals surface area contributed by atoms with Gasteiger partial charge in [0.2, 0.25) is 0 Å². The van der Waals surface area contributed by atoms with Crippen LogP contribution in [0.15, 0.2) is 0 Å². The lowest BCUT2D eigenvalue weighted by Crippen LogP contribution is -2.55. The van der Waals surface area contributed by atoms with Crippen LogP contribution in [0.2, 0.25) is 0 Å². The minimum atomic E-state index is -0.382. The molecule has 1 aliphatic heterocycles. The molecule has 5 nitrogen and oxygen atoms in total. The fraction of sp³-hybridized carbons (Fsp3) is 0.889. The van der Waals surface area contributed by atoms with E-state index in [1.165, 1.54) is 0 Å². The second-order valence-electron chi connectivity index (χ2n) is 3.85. The van der Waals surface area contributed by atoms with Crippen molar-refractivity contribution in [2.45, 2.75) is 19.4 Å². The standard InChI is InChI=1S/C9H17NO4/c1-9(2)7-13-5-3-10(9)8(12)14-6-4-11/h11H,3-7H2,1-2H3. The van der Waals surface area contributed by atoms with E-state index in [0.29, 0.717) is 19.8 Å². The molecule has 5 heteroatoms. The highest BCUT2D eigenvalue weighted by atomic mass is 16.6. The van der Waals surface area contributed by atoms with Gasteiger partial charge in [-0.2, -0.15) is 0 Å². The van der Waals surface area contributed by atoms with Gasteiger partial charge in [-0.1, -0.05) is 0 Å². The van der Waals surface area contributed by atoms with E-state index in [1.807, 2.05) is 13.8 Å². The summed E-state index contributed by atoms with van der Waals surface area (Å²) in [7, 11) is 0. The van der Waals surface area contributed by atoms with Crippen LogP contribution in [0, 0.1) is 0 Å². The molecule has 1 aliphatic rings. The summed E-state index contributed by atoms with van der Waals surface area (Å²) in [5.41, 5.74) is -0.329. The van der Waals surface area contributed by atoms with Gasteiger partial charge in [0.25, 0.3) is 0 Å². The molecule has 0 spiro atoms. The maximum atomic E-state index is 11.5. The molecule has 1 heterocycles. The van der Waals surface area contributed by atoms with Crippen LogP contribution in [-0.2, 0) is 9.47 Å². The minimum absolute atomic E-state index is 0.0479. The van der Waals surface area contributed by atoms with Crippen molar-refractivity contribution in [3.05, 3.63) is 0 Å². The quantitative estimate of drug-likeness (QED) is 0.697. The number of hydrogen-bond donors (Lipinski definition) is 1. The molecule has 0 saturated carbocycles.